The maximum Gasteiger partial charge on any atom is 0.255 e. The Morgan fingerprint density at radius 2 is 1.24 bits per heavy atom. The van der Waals surface area contributed by atoms with Gasteiger partial charge in [-0.05, 0) is 89.8 Å². The number of nitrogens with one attached hydrogen (secondary N) is 2. The number of amides is 2. The van der Waals surface area contributed by atoms with Crippen molar-refractivity contribution in [1.82, 2.24) is 0 Å². The van der Waals surface area contributed by atoms with E-state index in [0.717, 1.165) is 22.4 Å². The summed E-state index contributed by atoms with van der Waals surface area (Å²) in [5, 5.41) is 5.37. The quantitative estimate of drug-likeness (QED) is 0.156. The van der Waals surface area contributed by atoms with Crippen molar-refractivity contribution in [3.05, 3.63) is 124 Å². The molecule has 4 aromatic rings. The molecule has 6 nitrogen and oxygen atoms in total. The number of aryl methyl sites for hydroxylation is 1. The van der Waals surface area contributed by atoms with Crippen LogP contribution in [0.5, 0.6) is 0 Å². The molecule has 0 heterocycles. The monoisotopic (exact) mass is 609 g/mol. The summed E-state index contributed by atoms with van der Waals surface area (Å²) in [6, 6.07) is 26.8. The molecule has 212 valence electrons. The van der Waals surface area contributed by atoms with Crippen LogP contribution in [0.3, 0.4) is 0 Å². The van der Waals surface area contributed by atoms with Gasteiger partial charge < -0.3 is 15.5 Å². The zero-order valence-electron chi connectivity index (χ0n) is 22.9. The number of rotatable bonds is 8. The number of alkyl halides is 2. The molecular weight excluding hydrogens is 581 g/mol. The highest BCUT2D eigenvalue weighted by Crippen LogP contribution is 2.23. The third kappa shape index (κ3) is 9.35. The van der Waals surface area contributed by atoms with Crippen molar-refractivity contribution in [2.45, 2.75) is 18.7 Å². The smallest absolute Gasteiger partial charge is 0.255 e. The first-order valence-electron chi connectivity index (χ1n) is 12.6. The first kappa shape index (κ1) is 31.7. The average molecular weight is 611 g/mol. The summed E-state index contributed by atoms with van der Waals surface area (Å²) in [7, 11) is 3.85. The molecule has 0 aliphatic carbocycles. The van der Waals surface area contributed by atoms with Crippen molar-refractivity contribution >= 4 is 68.9 Å². The minimum absolute atomic E-state index is 0.212. The standard InChI is InChI=1S/C24H24ClN3O2.C8H6Cl2O/c1-16-7-12-20(26-24(30)19-5-4-6-21(13-19)28(2)3)14-22(16)27-23(29)18-10-8-17(15-25)9-11-18;9-5-6-1-3-7(4-2-6)8(10)11/h4-14H,15H2,1-3H3,(H,26,30)(H,27,29);1-4H,5H2. The third-order valence-corrected chi connectivity index (χ3v) is 6.91. The van der Waals surface area contributed by atoms with Crippen LogP contribution in [-0.4, -0.2) is 31.2 Å². The molecule has 4 rings (SSSR count). The largest absolute Gasteiger partial charge is 0.378 e. The highest BCUT2D eigenvalue weighted by Gasteiger charge is 2.11. The van der Waals surface area contributed by atoms with Gasteiger partial charge in [-0.3, -0.25) is 14.4 Å². The molecule has 0 aliphatic heterocycles. The van der Waals surface area contributed by atoms with Gasteiger partial charge in [0, 0.05) is 59.6 Å². The number of benzene rings is 4. The van der Waals surface area contributed by atoms with E-state index in [2.05, 4.69) is 10.6 Å². The van der Waals surface area contributed by atoms with Gasteiger partial charge in [-0.2, -0.15) is 0 Å². The van der Waals surface area contributed by atoms with Crippen LogP contribution in [0.15, 0.2) is 91.0 Å². The second-order valence-electron chi connectivity index (χ2n) is 9.32. The molecule has 4 aromatic carbocycles. The molecule has 0 unspecified atom stereocenters. The van der Waals surface area contributed by atoms with E-state index >= 15 is 0 Å². The number of hydrogen-bond acceptors (Lipinski definition) is 4. The molecular formula is C32H30Cl3N3O3. The zero-order chi connectivity index (χ0) is 29.9. The lowest BCUT2D eigenvalue weighted by Gasteiger charge is -2.14. The number of carbonyl (C=O) groups is 3. The van der Waals surface area contributed by atoms with Crippen LogP contribution in [0.1, 0.15) is 47.8 Å². The Hall–Kier alpha value is -3.84. The number of nitrogens with zero attached hydrogens (tertiary/aromatic N) is 1. The first-order chi connectivity index (χ1) is 19.6. The van der Waals surface area contributed by atoms with Crippen molar-refractivity contribution in [3.8, 4) is 0 Å². The van der Waals surface area contributed by atoms with E-state index < -0.39 is 5.24 Å². The van der Waals surface area contributed by atoms with E-state index in [1.165, 1.54) is 0 Å². The van der Waals surface area contributed by atoms with Crippen molar-refractivity contribution in [1.29, 1.82) is 0 Å². The molecule has 0 radical (unpaired) electrons. The van der Waals surface area contributed by atoms with Gasteiger partial charge in [-0.1, -0.05) is 36.4 Å². The molecule has 0 bridgehead atoms. The first-order valence-corrected chi connectivity index (χ1v) is 14.1. The van der Waals surface area contributed by atoms with Gasteiger partial charge in [0.2, 0.25) is 0 Å². The van der Waals surface area contributed by atoms with E-state index in [1.807, 2.05) is 68.4 Å². The lowest BCUT2D eigenvalue weighted by Crippen LogP contribution is -2.15. The Kier molecular flexibility index (Phi) is 11.8. The Labute approximate surface area is 255 Å². The van der Waals surface area contributed by atoms with Gasteiger partial charge in [-0.25, -0.2) is 0 Å². The van der Waals surface area contributed by atoms with Crippen molar-refractivity contribution in [3.63, 3.8) is 0 Å². The molecule has 0 atom stereocenters. The van der Waals surface area contributed by atoms with Crippen LogP contribution >= 0.6 is 34.8 Å². The lowest BCUT2D eigenvalue weighted by atomic mass is 10.1. The topological polar surface area (TPSA) is 78.5 Å². The second-order valence-corrected chi connectivity index (χ2v) is 10.2. The Balaban J connectivity index is 0.000000352. The van der Waals surface area contributed by atoms with E-state index in [9.17, 15) is 14.4 Å². The fourth-order valence-electron chi connectivity index (χ4n) is 3.63. The van der Waals surface area contributed by atoms with Crippen molar-refractivity contribution in [2.24, 2.45) is 0 Å². The molecule has 0 saturated heterocycles. The Morgan fingerprint density at radius 1 is 0.683 bits per heavy atom. The summed E-state index contributed by atoms with van der Waals surface area (Å²) < 4.78 is 0. The summed E-state index contributed by atoms with van der Waals surface area (Å²) >= 11 is 16.6. The summed E-state index contributed by atoms with van der Waals surface area (Å²) in [4.78, 5) is 37.8. The van der Waals surface area contributed by atoms with Gasteiger partial charge in [0.1, 0.15) is 0 Å². The van der Waals surface area contributed by atoms with E-state index in [4.69, 9.17) is 34.8 Å². The highest BCUT2D eigenvalue weighted by molar-refractivity contribution is 6.67. The predicted octanol–water partition coefficient (Wildman–Crippen LogP) is 8.11. The van der Waals surface area contributed by atoms with Gasteiger partial charge in [0.25, 0.3) is 17.1 Å². The third-order valence-electron chi connectivity index (χ3n) is 6.07. The number of halogens is 3. The van der Waals surface area contributed by atoms with Crippen molar-refractivity contribution < 1.29 is 14.4 Å². The Bertz CT molecular complexity index is 1510. The number of anilines is 3. The van der Waals surface area contributed by atoms with Crippen LogP contribution in [0.2, 0.25) is 0 Å². The minimum atomic E-state index is -0.439. The summed E-state index contributed by atoms with van der Waals surface area (Å²) in [6.07, 6.45) is 0. The molecule has 2 amide bonds. The van der Waals surface area contributed by atoms with E-state index in [-0.39, 0.29) is 11.8 Å². The molecule has 0 aromatic heterocycles. The predicted molar refractivity (Wildman–Crippen MR) is 170 cm³/mol. The van der Waals surface area contributed by atoms with Crippen LogP contribution < -0.4 is 15.5 Å². The number of carbonyl (C=O) groups excluding carboxylic acids is 3. The van der Waals surface area contributed by atoms with Gasteiger partial charge in [0.15, 0.2) is 0 Å². The Morgan fingerprint density at radius 3 is 1.78 bits per heavy atom. The highest BCUT2D eigenvalue weighted by atomic mass is 35.5. The minimum Gasteiger partial charge on any atom is -0.378 e. The molecule has 2 N–H and O–H groups in total. The molecule has 0 fully saturated rings. The maximum atomic E-state index is 12.7. The normalized spacial score (nSPS) is 10.2. The molecule has 41 heavy (non-hydrogen) atoms. The van der Waals surface area contributed by atoms with Gasteiger partial charge in [-0.15, -0.1) is 23.2 Å². The fourth-order valence-corrected chi connectivity index (χ4v) is 4.11. The van der Waals surface area contributed by atoms with Crippen molar-refractivity contribution in [2.75, 3.05) is 29.6 Å². The van der Waals surface area contributed by atoms with Gasteiger partial charge >= 0.3 is 0 Å². The zero-order valence-corrected chi connectivity index (χ0v) is 25.1. The maximum absolute atomic E-state index is 12.7. The summed E-state index contributed by atoms with van der Waals surface area (Å²) in [6.45, 7) is 1.90. The van der Waals surface area contributed by atoms with E-state index in [1.54, 1.807) is 48.5 Å². The van der Waals surface area contributed by atoms with Gasteiger partial charge in [0.05, 0.1) is 0 Å². The molecule has 9 heteroatoms. The van der Waals surface area contributed by atoms with Crippen LogP contribution in [0.25, 0.3) is 0 Å². The summed E-state index contributed by atoms with van der Waals surface area (Å²) in [5.41, 5.74) is 6.62. The summed E-state index contributed by atoms with van der Waals surface area (Å²) in [5.74, 6) is 0.426. The SMILES string of the molecule is Cc1ccc(NC(=O)c2cccc(N(C)C)c2)cc1NC(=O)c1ccc(CCl)cc1.O=C(Cl)c1ccc(CCl)cc1. The average Bonchev–Trinajstić information content (AvgIpc) is 2.99. The second kappa shape index (κ2) is 15.2. The molecule has 0 spiro atoms. The fraction of sp³-hybridized carbons (Fsp3) is 0.156. The molecule has 0 aliphatic rings. The number of hydrogen-bond donors (Lipinski definition) is 2. The van der Waals surface area contributed by atoms with E-state index in [0.29, 0.717) is 39.8 Å². The van der Waals surface area contributed by atoms with Crippen LogP contribution in [-0.2, 0) is 11.8 Å². The molecule has 0 saturated carbocycles. The van der Waals surface area contributed by atoms with Crippen LogP contribution in [0.4, 0.5) is 17.1 Å². The van der Waals surface area contributed by atoms with Crippen LogP contribution in [0, 0.1) is 6.92 Å². The lowest BCUT2D eigenvalue weighted by molar-refractivity contribution is 0.101.